The molecule has 4 aromatic carbocycles. The summed E-state index contributed by atoms with van der Waals surface area (Å²) >= 11 is 0. The van der Waals surface area contributed by atoms with Crippen molar-refractivity contribution in [2.24, 2.45) is 0 Å². The first-order valence-corrected chi connectivity index (χ1v) is 14.8. The maximum Gasteiger partial charge on any atom is 0.253 e. The number of nitrogens with one attached hydrogen (secondary N) is 1. The number of ether oxygens (including phenoxy) is 1. The first-order chi connectivity index (χ1) is 21.5. The molecule has 44 heavy (non-hydrogen) atoms. The maximum absolute atomic E-state index is 14.0. The number of benzene rings is 4. The highest BCUT2D eigenvalue weighted by Gasteiger charge is 2.31. The predicted octanol–water partition coefficient (Wildman–Crippen LogP) is 6.17. The zero-order valence-electron chi connectivity index (χ0n) is 25.3. The summed E-state index contributed by atoms with van der Waals surface area (Å²) in [5, 5.41) is 14.1. The van der Waals surface area contributed by atoms with E-state index in [1.165, 1.54) is 5.56 Å². The van der Waals surface area contributed by atoms with Gasteiger partial charge in [-0.15, -0.1) is 5.10 Å². The summed E-state index contributed by atoms with van der Waals surface area (Å²) in [6, 6.07) is 34.3. The summed E-state index contributed by atoms with van der Waals surface area (Å²) < 4.78 is 7.26. The van der Waals surface area contributed by atoms with E-state index in [1.54, 1.807) is 7.11 Å². The van der Waals surface area contributed by atoms with Crippen molar-refractivity contribution in [1.82, 2.24) is 30.1 Å². The number of nitrogens with zero attached hydrogens (tertiary/aromatic N) is 5. The number of pyridine rings is 1. The number of rotatable bonds is 11. The van der Waals surface area contributed by atoms with Gasteiger partial charge in [-0.3, -0.25) is 9.69 Å². The molecule has 0 aliphatic rings. The molecule has 1 N–H and O–H groups in total. The van der Waals surface area contributed by atoms with Crippen LogP contribution in [0.1, 0.15) is 45.2 Å². The molecular formula is C36H36N6O2. The molecular weight excluding hydrogens is 548 g/mol. The second-order valence-corrected chi connectivity index (χ2v) is 11.2. The Kier molecular flexibility index (Phi) is 8.61. The normalized spacial score (nSPS) is 12.1. The summed E-state index contributed by atoms with van der Waals surface area (Å²) in [6.45, 7) is 5.80. The highest BCUT2D eigenvalue weighted by Crippen LogP contribution is 2.31. The van der Waals surface area contributed by atoms with E-state index in [2.05, 4.69) is 74.8 Å². The minimum Gasteiger partial charge on any atom is -0.497 e. The molecule has 222 valence electrons. The second-order valence-electron chi connectivity index (χ2n) is 11.2. The van der Waals surface area contributed by atoms with E-state index in [1.807, 2.05) is 72.3 Å². The number of hydrogen-bond donors (Lipinski definition) is 1. The van der Waals surface area contributed by atoms with Crippen LogP contribution in [-0.2, 0) is 26.1 Å². The summed E-state index contributed by atoms with van der Waals surface area (Å²) in [5.74, 6) is 1.42. The average molecular weight is 585 g/mol. The number of aromatic amines is 1. The van der Waals surface area contributed by atoms with Crippen molar-refractivity contribution >= 4 is 10.9 Å². The molecule has 6 aromatic rings. The van der Waals surface area contributed by atoms with Gasteiger partial charge in [0.25, 0.3) is 5.56 Å². The Balaban J connectivity index is 1.50. The number of tetrazole rings is 1. The van der Waals surface area contributed by atoms with Gasteiger partial charge < -0.3 is 9.72 Å². The maximum atomic E-state index is 14.0. The Bertz CT molecular complexity index is 1900. The quantitative estimate of drug-likeness (QED) is 0.196. The van der Waals surface area contributed by atoms with Crippen LogP contribution in [0, 0.1) is 13.8 Å². The number of aryl methyl sites for hydroxylation is 4. The molecule has 2 aromatic heterocycles. The van der Waals surface area contributed by atoms with Crippen LogP contribution < -0.4 is 10.3 Å². The second kappa shape index (κ2) is 13.1. The molecule has 0 amide bonds. The monoisotopic (exact) mass is 584 g/mol. The molecule has 0 radical (unpaired) electrons. The number of hydrogen-bond acceptors (Lipinski definition) is 6. The molecule has 8 nitrogen and oxygen atoms in total. The van der Waals surface area contributed by atoms with E-state index in [-0.39, 0.29) is 5.56 Å². The van der Waals surface area contributed by atoms with E-state index in [9.17, 15) is 4.79 Å². The summed E-state index contributed by atoms with van der Waals surface area (Å²) in [7, 11) is 1.66. The molecule has 0 aliphatic carbocycles. The Morgan fingerprint density at radius 3 is 2.14 bits per heavy atom. The SMILES string of the molecule is COc1ccc(CN(Cc2ccccc2)[C@@H](c2cc3c(C)ccc(C)c3[nH]c2=O)c2nnnn2CCc2ccccc2)cc1. The third-order valence-electron chi connectivity index (χ3n) is 8.16. The van der Waals surface area contributed by atoms with Crippen molar-refractivity contribution < 1.29 is 4.74 Å². The lowest BCUT2D eigenvalue weighted by atomic mass is 9.98. The molecule has 1 atom stereocenters. The van der Waals surface area contributed by atoms with Gasteiger partial charge in [0.15, 0.2) is 5.82 Å². The molecule has 8 heteroatoms. The summed E-state index contributed by atoms with van der Waals surface area (Å²) in [4.78, 5) is 19.5. The fraction of sp³-hybridized carbons (Fsp3) is 0.222. The van der Waals surface area contributed by atoms with Crippen LogP contribution >= 0.6 is 0 Å². The van der Waals surface area contributed by atoms with E-state index in [0.29, 0.717) is 31.0 Å². The molecule has 0 saturated carbocycles. The van der Waals surface area contributed by atoms with Gasteiger partial charge in [-0.2, -0.15) is 0 Å². The van der Waals surface area contributed by atoms with Crippen molar-refractivity contribution in [3.8, 4) is 5.75 Å². The van der Waals surface area contributed by atoms with Gasteiger partial charge >= 0.3 is 0 Å². The molecule has 6 rings (SSSR count). The molecule has 0 bridgehead atoms. The zero-order chi connectivity index (χ0) is 30.5. The predicted molar refractivity (Wildman–Crippen MR) is 173 cm³/mol. The van der Waals surface area contributed by atoms with Gasteiger partial charge in [0.2, 0.25) is 0 Å². The van der Waals surface area contributed by atoms with Crippen LogP contribution in [-0.4, -0.2) is 37.2 Å². The third-order valence-corrected chi connectivity index (χ3v) is 8.16. The number of H-pyrrole nitrogens is 1. The van der Waals surface area contributed by atoms with Crippen LogP contribution in [0.3, 0.4) is 0 Å². The topological polar surface area (TPSA) is 88.9 Å². The van der Waals surface area contributed by atoms with Crippen LogP contribution in [0.2, 0.25) is 0 Å². The van der Waals surface area contributed by atoms with Crippen molar-refractivity contribution in [2.75, 3.05) is 7.11 Å². The van der Waals surface area contributed by atoms with Crippen LogP contribution in [0.5, 0.6) is 5.75 Å². The van der Waals surface area contributed by atoms with E-state index in [0.717, 1.165) is 45.3 Å². The zero-order valence-corrected chi connectivity index (χ0v) is 25.3. The Morgan fingerprint density at radius 1 is 0.818 bits per heavy atom. The molecule has 0 spiro atoms. The van der Waals surface area contributed by atoms with Crippen molar-refractivity contribution in [1.29, 1.82) is 0 Å². The Hall–Kier alpha value is -5.08. The lowest BCUT2D eigenvalue weighted by molar-refractivity contribution is 0.193. The molecule has 0 fully saturated rings. The first kappa shape index (κ1) is 29.0. The van der Waals surface area contributed by atoms with Gasteiger partial charge in [0.1, 0.15) is 11.8 Å². The van der Waals surface area contributed by atoms with Crippen molar-refractivity contribution in [3.05, 3.63) is 153 Å². The highest BCUT2D eigenvalue weighted by atomic mass is 16.5. The van der Waals surface area contributed by atoms with Crippen molar-refractivity contribution in [3.63, 3.8) is 0 Å². The van der Waals surface area contributed by atoms with Crippen LogP contribution in [0.25, 0.3) is 10.9 Å². The number of fused-ring (bicyclic) bond motifs is 1. The minimum atomic E-state index is -0.531. The highest BCUT2D eigenvalue weighted by molar-refractivity contribution is 5.85. The van der Waals surface area contributed by atoms with Crippen LogP contribution in [0.15, 0.2) is 108 Å². The average Bonchev–Trinajstić information content (AvgIpc) is 3.52. The lowest BCUT2D eigenvalue weighted by Gasteiger charge is -2.31. The Labute approximate surface area is 256 Å². The molecule has 0 saturated heterocycles. The van der Waals surface area contributed by atoms with Gasteiger partial charge in [0, 0.05) is 30.6 Å². The van der Waals surface area contributed by atoms with Gasteiger partial charge in [-0.05, 0) is 76.7 Å². The minimum absolute atomic E-state index is 0.151. The first-order valence-electron chi connectivity index (χ1n) is 14.8. The van der Waals surface area contributed by atoms with E-state index in [4.69, 9.17) is 4.74 Å². The molecule has 2 heterocycles. The molecule has 0 aliphatic heterocycles. The van der Waals surface area contributed by atoms with Gasteiger partial charge in [-0.25, -0.2) is 4.68 Å². The lowest BCUT2D eigenvalue weighted by Crippen LogP contribution is -2.35. The van der Waals surface area contributed by atoms with Crippen molar-refractivity contribution in [2.45, 2.75) is 45.9 Å². The fourth-order valence-electron chi connectivity index (χ4n) is 5.76. The smallest absolute Gasteiger partial charge is 0.253 e. The third kappa shape index (κ3) is 6.31. The summed E-state index contributed by atoms with van der Waals surface area (Å²) in [5.41, 5.74) is 6.82. The standard InChI is InChI=1S/C36H36N6O2/c1-25-14-15-26(2)33-31(25)22-32(36(43)37-33)34(35-38-39-40-42(35)21-20-27-10-6-4-7-11-27)41(23-28-12-8-5-9-13-28)24-29-16-18-30(44-3)19-17-29/h4-19,22,34H,20-21,23-24H2,1-3H3,(H,37,43)/t34-/m0/s1. The largest absolute Gasteiger partial charge is 0.497 e. The van der Waals surface area contributed by atoms with Crippen LogP contribution in [0.4, 0.5) is 0 Å². The van der Waals surface area contributed by atoms with E-state index < -0.39 is 6.04 Å². The number of methoxy groups -OCH3 is 1. The number of aromatic nitrogens is 5. The fourth-order valence-corrected chi connectivity index (χ4v) is 5.76. The van der Waals surface area contributed by atoms with Gasteiger partial charge in [0.05, 0.1) is 12.6 Å². The summed E-state index contributed by atoms with van der Waals surface area (Å²) in [6.07, 6.45) is 0.759. The molecule has 0 unspecified atom stereocenters. The Morgan fingerprint density at radius 2 is 1.45 bits per heavy atom. The van der Waals surface area contributed by atoms with E-state index >= 15 is 0 Å². The van der Waals surface area contributed by atoms with Gasteiger partial charge in [-0.1, -0.05) is 84.9 Å².